The van der Waals surface area contributed by atoms with Crippen LogP contribution in [-0.2, 0) is 26.2 Å². The molecule has 1 aromatic carbocycles. The second kappa shape index (κ2) is 18.9. The molecule has 2 fully saturated rings. The normalized spacial score (nSPS) is 19.8. The summed E-state index contributed by atoms with van der Waals surface area (Å²) in [6, 6.07) is 8.57. The van der Waals surface area contributed by atoms with Crippen molar-refractivity contribution in [3.05, 3.63) is 59.2 Å². The van der Waals surface area contributed by atoms with Gasteiger partial charge >= 0.3 is 0 Å². The van der Waals surface area contributed by atoms with Crippen LogP contribution in [-0.4, -0.2) is 118 Å². The Labute approximate surface area is 263 Å². The second-order valence-electron chi connectivity index (χ2n) is 12.3. The van der Waals surface area contributed by atoms with E-state index in [0.717, 1.165) is 129 Å². The van der Waals surface area contributed by atoms with Gasteiger partial charge in [-0.15, -0.1) is 10.2 Å². The summed E-state index contributed by atoms with van der Waals surface area (Å²) in [6.07, 6.45) is 11.3. The lowest BCUT2D eigenvalue weighted by molar-refractivity contribution is 0.252. The van der Waals surface area contributed by atoms with Gasteiger partial charge in [0.1, 0.15) is 0 Å². The second-order valence-corrected chi connectivity index (χ2v) is 12.3. The number of nitrogens with zero attached hydrogens (tertiary/aromatic N) is 8. The van der Waals surface area contributed by atoms with Crippen molar-refractivity contribution in [3.63, 3.8) is 0 Å². The van der Waals surface area contributed by atoms with Crippen molar-refractivity contribution in [1.82, 2.24) is 61.1 Å². The fourth-order valence-electron chi connectivity index (χ4n) is 6.08. The molecule has 12 nitrogen and oxygen atoms in total. The van der Waals surface area contributed by atoms with Crippen molar-refractivity contribution in [3.8, 4) is 0 Å². The van der Waals surface area contributed by atoms with Crippen molar-refractivity contribution in [1.29, 1.82) is 0 Å². The number of benzene rings is 1. The van der Waals surface area contributed by atoms with Crippen LogP contribution in [0.1, 0.15) is 61.0 Å². The lowest BCUT2D eigenvalue weighted by atomic mass is 10.1. The van der Waals surface area contributed by atoms with Crippen LogP contribution < -0.4 is 21.3 Å². The summed E-state index contributed by atoms with van der Waals surface area (Å²) in [5.74, 6) is 0. The fourth-order valence-corrected chi connectivity index (χ4v) is 6.08. The predicted octanol–water partition coefficient (Wildman–Crippen LogP) is 1.30. The van der Waals surface area contributed by atoms with Crippen LogP contribution in [0.4, 0.5) is 0 Å². The summed E-state index contributed by atoms with van der Waals surface area (Å²) >= 11 is 0. The maximum Gasteiger partial charge on any atom is 0.0967 e. The number of hydrogen-bond donors (Lipinski definition) is 4. The van der Waals surface area contributed by atoms with Crippen molar-refractivity contribution < 1.29 is 0 Å². The molecule has 0 atom stereocenters. The van der Waals surface area contributed by atoms with Crippen LogP contribution in [0.2, 0.25) is 0 Å². The molecule has 242 valence electrons. The molecule has 2 saturated heterocycles. The van der Waals surface area contributed by atoms with E-state index < -0.39 is 0 Å². The van der Waals surface area contributed by atoms with Crippen LogP contribution >= 0.6 is 0 Å². The maximum absolute atomic E-state index is 4.54. The highest BCUT2D eigenvalue weighted by atomic mass is 15.4. The Morgan fingerprint density at radius 3 is 1.23 bits per heavy atom. The van der Waals surface area contributed by atoms with E-state index in [4.69, 9.17) is 0 Å². The van der Waals surface area contributed by atoms with Crippen molar-refractivity contribution in [2.45, 2.75) is 64.7 Å². The Hall–Kier alpha value is -2.74. The molecule has 2 aliphatic heterocycles. The molecular weight excluding hydrogens is 552 g/mol. The van der Waals surface area contributed by atoms with E-state index in [1.807, 2.05) is 9.36 Å². The summed E-state index contributed by atoms with van der Waals surface area (Å²) in [7, 11) is 0. The van der Waals surface area contributed by atoms with Gasteiger partial charge in [0.2, 0.25) is 0 Å². The Morgan fingerprint density at radius 1 is 0.477 bits per heavy atom. The third-order valence-electron chi connectivity index (χ3n) is 8.45. The van der Waals surface area contributed by atoms with Crippen LogP contribution in [0.5, 0.6) is 0 Å². The van der Waals surface area contributed by atoms with Crippen molar-refractivity contribution in [2.75, 3.05) is 78.5 Å². The largest absolute Gasteiger partial charge is 0.317 e. The highest BCUT2D eigenvalue weighted by molar-refractivity contribution is 5.27. The Balaban J connectivity index is 1.14. The lowest BCUT2D eigenvalue weighted by Crippen LogP contribution is -2.32. The SMILES string of the molecule is c1ccc(Cn2cc(CN3CCCNCCCNCCC3)nn2)c(Cn2cc(CN3CCCNCCCNCCC3)nn2)c1. The summed E-state index contributed by atoms with van der Waals surface area (Å²) in [6.45, 7) is 16.0. The first-order valence-electron chi connectivity index (χ1n) is 16.9. The van der Waals surface area contributed by atoms with E-state index >= 15 is 0 Å². The Morgan fingerprint density at radius 2 is 0.841 bits per heavy atom. The molecule has 5 rings (SSSR count). The summed E-state index contributed by atoms with van der Waals surface area (Å²) in [4.78, 5) is 5.03. The molecule has 2 aromatic heterocycles. The first-order chi connectivity index (χ1) is 21.8. The fraction of sp³-hybridized carbons (Fsp3) is 0.688. The van der Waals surface area contributed by atoms with Gasteiger partial charge in [-0.25, -0.2) is 9.36 Å². The average Bonchev–Trinajstić information content (AvgIpc) is 3.65. The van der Waals surface area contributed by atoms with Gasteiger partial charge in [0, 0.05) is 13.1 Å². The van der Waals surface area contributed by atoms with E-state index in [2.05, 4.69) is 88.4 Å². The molecule has 0 radical (unpaired) electrons. The third kappa shape index (κ3) is 11.6. The standard InChI is InChI=1S/C32H54N12/c1-2-10-30(24-44-28-32(38-40-44)26-42-21-7-17-35-13-4-14-36-18-8-22-42)29(9-1)23-43-27-31(37-39-43)25-41-19-5-15-33-11-3-12-34-16-6-20-41/h1-2,9-10,27-28,33-36H,3-8,11-26H2. The molecule has 0 aliphatic carbocycles. The molecule has 0 bridgehead atoms. The minimum atomic E-state index is 0.689. The van der Waals surface area contributed by atoms with Gasteiger partial charge in [0.05, 0.1) is 36.9 Å². The van der Waals surface area contributed by atoms with Crippen LogP contribution in [0, 0.1) is 0 Å². The van der Waals surface area contributed by atoms with Gasteiger partial charge in [-0.1, -0.05) is 34.7 Å². The van der Waals surface area contributed by atoms with Crippen molar-refractivity contribution >= 4 is 0 Å². The zero-order valence-corrected chi connectivity index (χ0v) is 26.6. The number of aromatic nitrogens is 6. The first-order valence-corrected chi connectivity index (χ1v) is 16.9. The molecule has 4 heterocycles. The van der Waals surface area contributed by atoms with Gasteiger partial charge < -0.3 is 21.3 Å². The lowest BCUT2D eigenvalue weighted by Gasteiger charge is -2.22. The van der Waals surface area contributed by atoms with Gasteiger partial charge in [-0.2, -0.15) is 0 Å². The minimum Gasteiger partial charge on any atom is -0.317 e. The predicted molar refractivity (Wildman–Crippen MR) is 174 cm³/mol. The van der Waals surface area contributed by atoms with Crippen LogP contribution in [0.3, 0.4) is 0 Å². The molecule has 44 heavy (non-hydrogen) atoms. The summed E-state index contributed by atoms with van der Waals surface area (Å²) < 4.78 is 3.95. The zero-order valence-electron chi connectivity index (χ0n) is 26.6. The van der Waals surface area contributed by atoms with Gasteiger partial charge in [-0.05, 0) is 128 Å². The topological polar surface area (TPSA) is 116 Å². The molecule has 0 amide bonds. The summed E-state index contributed by atoms with van der Waals surface area (Å²) in [5, 5.41) is 32.3. The quantitative estimate of drug-likeness (QED) is 0.299. The van der Waals surface area contributed by atoms with E-state index in [-0.39, 0.29) is 0 Å². The van der Waals surface area contributed by atoms with Crippen molar-refractivity contribution in [2.24, 2.45) is 0 Å². The Kier molecular flexibility index (Phi) is 14.0. The highest BCUT2D eigenvalue weighted by Crippen LogP contribution is 2.14. The van der Waals surface area contributed by atoms with Gasteiger partial charge in [0.25, 0.3) is 0 Å². The number of nitrogens with one attached hydrogen (secondary N) is 4. The molecule has 3 aromatic rings. The number of hydrogen-bond acceptors (Lipinski definition) is 10. The highest BCUT2D eigenvalue weighted by Gasteiger charge is 2.13. The van der Waals surface area contributed by atoms with E-state index in [1.165, 1.54) is 24.0 Å². The van der Waals surface area contributed by atoms with E-state index in [1.54, 1.807) is 0 Å². The van der Waals surface area contributed by atoms with Gasteiger partial charge in [-0.3, -0.25) is 9.80 Å². The molecule has 2 aliphatic rings. The monoisotopic (exact) mass is 606 g/mol. The average molecular weight is 607 g/mol. The van der Waals surface area contributed by atoms with E-state index in [0.29, 0.717) is 13.1 Å². The van der Waals surface area contributed by atoms with Crippen LogP contribution in [0.15, 0.2) is 36.7 Å². The minimum absolute atomic E-state index is 0.689. The molecule has 0 unspecified atom stereocenters. The Bertz CT molecular complexity index is 1080. The third-order valence-corrected chi connectivity index (χ3v) is 8.45. The summed E-state index contributed by atoms with van der Waals surface area (Å²) in [5.41, 5.74) is 4.52. The molecular formula is C32H54N12. The van der Waals surface area contributed by atoms with E-state index in [9.17, 15) is 0 Å². The molecule has 4 N–H and O–H groups in total. The molecule has 0 spiro atoms. The number of rotatable bonds is 8. The molecule has 12 heteroatoms. The smallest absolute Gasteiger partial charge is 0.0967 e. The first kappa shape index (κ1) is 32.6. The zero-order chi connectivity index (χ0) is 30.1. The maximum atomic E-state index is 4.54. The molecule has 0 saturated carbocycles. The van der Waals surface area contributed by atoms with Crippen LogP contribution in [0.25, 0.3) is 0 Å². The van der Waals surface area contributed by atoms with Gasteiger partial charge in [0.15, 0.2) is 0 Å².